The van der Waals surface area contributed by atoms with Crippen molar-refractivity contribution in [2.75, 3.05) is 20.8 Å². The molecule has 0 N–H and O–H groups in total. The van der Waals surface area contributed by atoms with Crippen LogP contribution < -0.4 is 4.74 Å². The summed E-state index contributed by atoms with van der Waals surface area (Å²) in [6.45, 7) is 14.5. The van der Waals surface area contributed by atoms with E-state index in [1.165, 1.54) is 7.11 Å². The Morgan fingerprint density at radius 3 is 1.96 bits per heavy atom. The molecule has 0 unspecified atom stereocenters. The maximum Gasteiger partial charge on any atom is 0.318 e. The number of amides is 1. The molecule has 0 aliphatic carbocycles. The molecule has 1 heterocycles. The van der Waals surface area contributed by atoms with Gasteiger partial charge in [0.05, 0.1) is 30.4 Å². The Kier molecular flexibility index (Phi) is 6.26. The number of carbonyl (C=O) groups excluding carboxylic acids is 2. The summed E-state index contributed by atoms with van der Waals surface area (Å²) in [7, 11) is -0.324. The van der Waals surface area contributed by atoms with E-state index in [2.05, 4.69) is 39.3 Å². The number of hydrogen-bond donors (Lipinski definition) is 0. The van der Waals surface area contributed by atoms with Crippen molar-refractivity contribution in [2.24, 2.45) is 5.92 Å². The number of hydrogen-bond acceptors (Lipinski definition) is 4. The third-order valence-electron chi connectivity index (χ3n) is 5.30. The lowest BCUT2D eigenvalue weighted by Crippen LogP contribution is -2.64. The topological polar surface area (TPSA) is 55.8 Å². The van der Waals surface area contributed by atoms with Gasteiger partial charge in [0.25, 0.3) is 0 Å². The average molecular weight is 408 g/mol. The monoisotopic (exact) mass is 407 g/mol. The van der Waals surface area contributed by atoms with Gasteiger partial charge in [-0.1, -0.05) is 51.4 Å². The van der Waals surface area contributed by atoms with Crippen molar-refractivity contribution in [3.8, 4) is 5.75 Å². The molecule has 1 aromatic rings. The van der Waals surface area contributed by atoms with Crippen molar-refractivity contribution in [2.45, 2.75) is 50.5 Å². The van der Waals surface area contributed by atoms with Gasteiger partial charge in [-0.05, 0) is 17.7 Å². The molecule has 1 aliphatic heterocycles. The summed E-state index contributed by atoms with van der Waals surface area (Å²) in [6.07, 6.45) is 0. The van der Waals surface area contributed by atoms with E-state index in [9.17, 15) is 9.59 Å². The van der Waals surface area contributed by atoms with E-state index in [0.717, 1.165) is 11.3 Å². The van der Waals surface area contributed by atoms with Gasteiger partial charge < -0.3 is 14.4 Å². The van der Waals surface area contributed by atoms with Crippen molar-refractivity contribution in [1.29, 1.82) is 0 Å². The zero-order valence-electron chi connectivity index (χ0n) is 17.8. The molecule has 7 heteroatoms. The quantitative estimate of drug-likeness (QED) is 0.411. The van der Waals surface area contributed by atoms with E-state index in [1.807, 2.05) is 29.2 Å². The highest BCUT2D eigenvalue weighted by Crippen LogP contribution is 2.39. The minimum atomic E-state index is -1.65. The van der Waals surface area contributed by atoms with Gasteiger partial charge in [0.1, 0.15) is 11.7 Å². The van der Waals surface area contributed by atoms with Crippen LogP contribution in [0.15, 0.2) is 24.3 Å². The van der Waals surface area contributed by atoms with Crippen molar-refractivity contribution < 1.29 is 19.1 Å². The lowest BCUT2D eigenvalue weighted by molar-refractivity contribution is -0.150. The van der Waals surface area contributed by atoms with Gasteiger partial charge in [0.15, 0.2) is 0 Å². The van der Waals surface area contributed by atoms with Crippen LogP contribution in [0.5, 0.6) is 5.75 Å². The standard InChI is InChI=1S/C20H33NO4Si2/c1-24-15-11-9-14(10-12-15)16-13-21(18(22)17(16)19(23)25-2)20(26(3,4)5)27(6,7)8/h9-12,16-17,20H,13H2,1-8H3/t16-,17-/m1/s1. The number of nitrogens with zero attached hydrogens (tertiary/aromatic N) is 1. The van der Waals surface area contributed by atoms with Crippen LogP contribution in [0.2, 0.25) is 39.3 Å². The Morgan fingerprint density at radius 1 is 1.04 bits per heavy atom. The first kappa shape index (κ1) is 21.7. The molecule has 0 bridgehead atoms. The highest BCUT2D eigenvalue weighted by molar-refractivity contribution is 6.96. The second-order valence-corrected chi connectivity index (χ2v) is 20.6. The summed E-state index contributed by atoms with van der Waals surface area (Å²) in [6, 6.07) is 7.67. The zero-order chi connectivity index (χ0) is 20.6. The summed E-state index contributed by atoms with van der Waals surface area (Å²) in [5.74, 6) is -0.702. The van der Waals surface area contributed by atoms with Crippen LogP contribution in [0.4, 0.5) is 0 Å². The second-order valence-electron chi connectivity index (χ2n) is 9.51. The van der Waals surface area contributed by atoms with E-state index in [4.69, 9.17) is 9.47 Å². The molecule has 2 rings (SSSR count). The lowest BCUT2D eigenvalue weighted by Gasteiger charge is -2.44. The Morgan fingerprint density at radius 2 is 1.56 bits per heavy atom. The van der Waals surface area contributed by atoms with E-state index in [-0.39, 0.29) is 17.1 Å². The van der Waals surface area contributed by atoms with Gasteiger partial charge in [-0.3, -0.25) is 9.59 Å². The highest BCUT2D eigenvalue weighted by atomic mass is 28.4. The molecule has 150 valence electrons. The predicted molar refractivity (Wildman–Crippen MR) is 113 cm³/mol. The van der Waals surface area contributed by atoms with Gasteiger partial charge in [-0.15, -0.1) is 0 Å². The fraction of sp³-hybridized carbons (Fsp3) is 0.600. The van der Waals surface area contributed by atoms with Gasteiger partial charge in [-0.25, -0.2) is 0 Å². The fourth-order valence-corrected chi connectivity index (χ4v) is 17.5. The average Bonchev–Trinajstić information content (AvgIpc) is 2.88. The van der Waals surface area contributed by atoms with Crippen LogP contribution in [-0.2, 0) is 14.3 Å². The Balaban J connectivity index is 2.48. The van der Waals surface area contributed by atoms with Gasteiger partial charge in [-0.2, -0.15) is 0 Å². The molecule has 1 aromatic carbocycles. The molecule has 0 saturated carbocycles. The Hall–Kier alpha value is -1.61. The number of likely N-dealkylation sites (tertiary alicyclic amines) is 1. The third-order valence-corrected chi connectivity index (χ3v) is 14.4. The fourth-order valence-electron chi connectivity index (χ4n) is 4.77. The SMILES string of the molecule is COC(=O)[C@H]1C(=O)N(C([Si](C)(C)C)[Si](C)(C)C)C[C@@H]1c1ccc(OC)cc1. The molecule has 2 atom stereocenters. The van der Waals surface area contributed by atoms with Crippen LogP contribution in [0.1, 0.15) is 11.5 Å². The normalized spacial score (nSPS) is 20.9. The molecule has 27 heavy (non-hydrogen) atoms. The van der Waals surface area contributed by atoms with Crippen LogP contribution in [0.25, 0.3) is 0 Å². The van der Waals surface area contributed by atoms with E-state index in [0.29, 0.717) is 6.54 Å². The molecule has 0 radical (unpaired) electrons. The van der Waals surface area contributed by atoms with Crippen molar-refractivity contribution in [1.82, 2.24) is 4.90 Å². The summed E-state index contributed by atoms with van der Waals surface area (Å²) < 4.78 is 10.3. The number of esters is 1. The number of ether oxygens (including phenoxy) is 2. The van der Waals surface area contributed by atoms with Gasteiger partial charge >= 0.3 is 5.97 Å². The van der Waals surface area contributed by atoms with Crippen LogP contribution in [-0.4, -0.2) is 59.0 Å². The van der Waals surface area contributed by atoms with Crippen molar-refractivity contribution >= 4 is 28.0 Å². The molecule has 1 saturated heterocycles. The minimum absolute atomic E-state index is 0.0717. The van der Waals surface area contributed by atoms with Crippen LogP contribution >= 0.6 is 0 Å². The molecule has 1 aliphatic rings. The van der Waals surface area contributed by atoms with Gasteiger partial charge in [0.2, 0.25) is 5.91 Å². The zero-order valence-corrected chi connectivity index (χ0v) is 19.8. The van der Waals surface area contributed by atoms with E-state index in [1.54, 1.807) is 7.11 Å². The Labute approximate surface area is 165 Å². The summed E-state index contributed by atoms with van der Waals surface area (Å²) in [5, 5.41) is 0.271. The summed E-state index contributed by atoms with van der Waals surface area (Å²) in [4.78, 5) is 27.9. The third kappa shape index (κ3) is 4.46. The summed E-state index contributed by atoms with van der Waals surface area (Å²) >= 11 is 0. The van der Waals surface area contributed by atoms with Crippen molar-refractivity contribution in [3.05, 3.63) is 29.8 Å². The number of methoxy groups -OCH3 is 2. The second kappa shape index (κ2) is 7.79. The maximum atomic E-state index is 13.4. The molecular weight excluding hydrogens is 374 g/mol. The molecular formula is C20H33NO4Si2. The van der Waals surface area contributed by atoms with Crippen LogP contribution in [0, 0.1) is 5.92 Å². The van der Waals surface area contributed by atoms with E-state index >= 15 is 0 Å². The molecule has 1 amide bonds. The molecule has 0 aromatic heterocycles. The van der Waals surface area contributed by atoms with Crippen molar-refractivity contribution in [3.63, 3.8) is 0 Å². The van der Waals surface area contributed by atoms with Crippen LogP contribution in [0.3, 0.4) is 0 Å². The summed E-state index contributed by atoms with van der Waals surface area (Å²) in [5.41, 5.74) is 0.979. The highest BCUT2D eigenvalue weighted by Gasteiger charge is 2.53. The largest absolute Gasteiger partial charge is 0.497 e. The van der Waals surface area contributed by atoms with Gasteiger partial charge in [0, 0.05) is 17.8 Å². The molecule has 5 nitrogen and oxygen atoms in total. The maximum absolute atomic E-state index is 13.4. The first-order chi connectivity index (χ1) is 12.4. The van der Waals surface area contributed by atoms with E-state index < -0.39 is 28.0 Å². The lowest BCUT2D eigenvalue weighted by atomic mass is 9.88. The number of rotatable bonds is 6. The smallest absolute Gasteiger partial charge is 0.318 e. The predicted octanol–water partition coefficient (Wildman–Crippen LogP) is 3.53. The minimum Gasteiger partial charge on any atom is -0.497 e. The first-order valence-electron chi connectivity index (χ1n) is 9.44. The Bertz CT molecular complexity index is 677. The molecule has 0 spiro atoms. The number of carbonyl (C=O) groups is 2. The first-order valence-corrected chi connectivity index (χ1v) is 16.6. The molecule has 1 fully saturated rings. The number of benzene rings is 1.